The van der Waals surface area contributed by atoms with Gasteiger partial charge < -0.3 is 131 Å². The molecule has 15 atom stereocenters. The number of rotatable bonds is 67. The second-order valence-corrected chi connectivity index (χ2v) is 25.7. The van der Waals surface area contributed by atoms with Crippen molar-refractivity contribution in [2.45, 2.75) is 198 Å². The molecule has 0 spiro atoms. The Morgan fingerprint density at radius 1 is 0.300 bits per heavy atom. The van der Waals surface area contributed by atoms with E-state index in [4.69, 9.17) is 85.3 Å². The molecule has 31 heteroatoms. The first-order valence-electron chi connectivity index (χ1n) is 36.1. The molecule has 9 N–H and O–H groups in total. The van der Waals surface area contributed by atoms with Crippen molar-refractivity contribution in [2.24, 2.45) is 23.2 Å². The molecule has 100 heavy (non-hydrogen) atoms. The summed E-state index contributed by atoms with van der Waals surface area (Å²) in [5.74, 6) is -1.54. The molecule has 0 aliphatic carbocycles. The predicted octanol–water partition coefficient (Wildman–Crippen LogP) is 0.595. The molecule has 0 amide bonds. The zero-order valence-electron chi connectivity index (χ0n) is 60.0. The Balaban J connectivity index is 1.37. The van der Waals surface area contributed by atoms with Crippen molar-refractivity contribution in [3.05, 3.63) is 0 Å². The second kappa shape index (κ2) is 57.8. The van der Waals surface area contributed by atoms with E-state index in [1.54, 1.807) is 20.8 Å². The maximum Gasteiger partial charge on any atom is 0.163 e. The van der Waals surface area contributed by atoms with Gasteiger partial charge in [-0.1, -0.05) is 47.0 Å². The average Bonchev–Trinajstić information content (AvgIpc) is 0.840. The minimum atomic E-state index is -1.20. The summed E-state index contributed by atoms with van der Waals surface area (Å²) in [6.45, 7) is 12.3. The Hall–Kier alpha value is -2.40. The van der Waals surface area contributed by atoms with Crippen LogP contribution in [0.2, 0.25) is 0 Å². The molecule has 0 aromatic carbocycles. The van der Waals surface area contributed by atoms with Crippen LogP contribution in [0.1, 0.15) is 124 Å². The van der Waals surface area contributed by atoms with Gasteiger partial charge >= 0.3 is 0 Å². The van der Waals surface area contributed by atoms with Crippen LogP contribution in [-0.2, 0) is 104 Å². The van der Waals surface area contributed by atoms with E-state index in [2.05, 4.69) is 6.92 Å². The van der Waals surface area contributed by atoms with Gasteiger partial charge in [-0.25, -0.2) is 0 Å². The Morgan fingerprint density at radius 3 is 0.830 bits per heavy atom. The molecule has 3 aliphatic heterocycles. The lowest BCUT2D eigenvalue weighted by molar-refractivity contribution is -0.284. The first-order chi connectivity index (χ1) is 48.4. The zero-order chi connectivity index (χ0) is 73.0. The zero-order valence-corrected chi connectivity index (χ0v) is 60.0. The maximum absolute atomic E-state index is 13.7. The minimum absolute atomic E-state index is 0.00768. The average molecular weight is 1450 g/mol. The van der Waals surface area contributed by atoms with E-state index in [0.717, 1.165) is 25.7 Å². The topological polar surface area (TPSA) is 416 Å². The van der Waals surface area contributed by atoms with Crippen molar-refractivity contribution in [1.29, 1.82) is 0 Å². The lowest BCUT2D eigenvalue weighted by atomic mass is 9.84. The first-order valence-corrected chi connectivity index (χ1v) is 36.1. The van der Waals surface area contributed by atoms with Gasteiger partial charge in [-0.2, -0.15) is 0 Å². The fourth-order valence-corrected chi connectivity index (χ4v) is 11.0. The van der Waals surface area contributed by atoms with Crippen LogP contribution < -0.4 is 0 Å². The van der Waals surface area contributed by atoms with Gasteiger partial charge in [0.1, 0.15) is 59.8 Å². The van der Waals surface area contributed by atoms with Crippen LogP contribution in [0.15, 0.2) is 0 Å². The molecule has 3 fully saturated rings. The molecular weight excluding hydrogens is 1320 g/mol. The Labute approximate surface area is 590 Å². The molecule has 3 aliphatic rings. The van der Waals surface area contributed by atoms with Gasteiger partial charge in [0.2, 0.25) is 0 Å². The Kier molecular flexibility index (Phi) is 53.1. The molecule has 0 saturated carbocycles. The number of unbranched alkanes of at least 4 members (excludes halogenated alkanes) is 3. The number of aliphatic hydroxyl groups excluding tert-OH is 9. The number of ketones is 4. The standard InChI is InChI=1S/C69H126O31/c1-5-6-7-8-12-56(76)43-69(47-92-22-16-53(73)13-9-19-83-25-28-86-31-34-89-37-40-95-66-50(2)60(77)63(80)57(44-70)98-66,48-93-23-17-54(74)14-10-20-84-26-29-87-32-35-90-38-41-96-67-51(3)61(78)64(81)58(45-71)99-67)49-94-24-18-55(75)15-11-21-85-27-30-88-33-36-91-39-42-97-68-52(4)62(79)65(82)59(46-72)100-68/h50-52,57-68,70-72,77-82H,5-49H2,1-4H3. The van der Waals surface area contributed by atoms with Crippen LogP contribution in [0.5, 0.6) is 0 Å². The number of carbonyl (C=O) groups excluding carboxylic acids is 4. The molecule has 31 nitrogen and oxygen atoms in total. The summed E-state index contributed by atoms with van der Waals surface area (Å²) in [5.41, 5.74) is -0.983. The van der Waals surface area contributed by atoms with E-state index >= 15 is 0 Å². The molecule has 0 aromatic rings. The third-order valence-corrected chi connectivity index (χ3v) is 17.2. The van der Waals surface area contributed by atoms with Crippen LogP contribution in [-0.4, -0.2) is 341 Å². The lowest BCUT2D eigenvalue weighted by Crippen LogP contribution is -2.55. The Bertz CT molecular complexity index is 1830. The molecule has 0 radical (unpaired) electrons. The van der Waals surface area contributed by atoms with E-state index in [9.17, 15) is 65.1 Å². The van der Waals surface area contributed by atoms with Gasteiger partial charge in [-0.15, -0.1) is 0 Å². The fourth-order valence-electron chi connectivity index (χ4n) is 11.0. The van der Waals surface area contributed by atoms with Crippen molar-refractivity contribution >= 4 is 23.1 Å². The van der Waals surface area contributed by atoms with Crippen LogP contribution >= 0.6 is 0 Å². The normalized spacial score (nSPS) is 26.3. The quantitative estimate of drug-likeness (QED) is 0.0376. The summed E-state index contributed by atoms with van der Waals surface area (Å²) < 4.78 is 102. The second-order valence-electron chi connectivity index (χ2n) is 25.7. The van der Waals surface area contributed by atoms with Crippen LogP contribution in [0.25, 0.3) is 0 Å². The summed E-state index contributed by atoms with van der Waals surface area (Å²) in [4.78, 5) is 52.7. The van der Waals surface area contributed by atoms with Gasteiger partial charge in [-0.3, -0.25) is 19.2 Å². The largest absolute Gasteiger partial charge is 0.394 e. The molecular formula is C69H126O31. The minimum Gasteiger partial charge on any atom is -0.394 e. The molecule has 3 saturated heterocycles. The van der Waals surface area contributed by atoms with Gasteiger partial charge in [-0.05, 0) is 25.7 Å². The molecule has 588 valence electrons. The van der Waals surface area contributed by atoms with Gasteiger partial charge in [0.25, 0.3) is 0 Å². The fraction of sp³-hybridized carbons (Fsp3) is 0.942. The van der Waals surface area contributed by atoms with Gasteiger partial charge in [0.05, 0.1) is 197 Å². The number of carbonyl (C=O) groups is 4. The van der Waals surface area contributed by atoms with Crippen molar-refractivity contribution < 1.29 is 150 Å². The van der Waals surface area contributed by atoms with Crippen molar-refractivity contribution in [3.8, 4) is 0 Å². The van der Waals surface area contributed by atoms with Gasteiger partial charge in [0, 0.05) is 94.4 Å². The number of hydrogen-bond acceptors (Lipinski definition) is 31. The van der Waals surface area contributed by atoms with Crippen LogP contribution in [0, 0.1) is 23.2 Å². The predicted molar refractivity (Wildman–Crippen MR) is 356 cm³/mol. The number of aliphatic hydroxyl groups is 9. The summed E-state index contributed by atoms with van der Waals surface area (Å²) in [5, 5.41) is 88.9. The molecule has 0 aromatic heterocycles. The summed E-state index contributed by atoms with van der Waals surface area (Å²) in [6.07, 6.45) is -5.30. The summed E-state index contributed by atoms with van der Waals surface area (Å²) in [6, 6.07) is 0. The van der Waals surface area contributed by atoms with E-state index in [0.29, 0.717) is 125 Å². The highest BCUT2D eigenvalue weighted by Gasteiger charge is 2.45. The third-order valence-electron chi connectivity index (χ3n) is 17.2. The first kappa shape index (κ1) is 91.8. The van der Waals surface area contributed by atoms with E-state index in [-0.39, 0.29) is 147 Å². The van der Waals surface area contributed by atoms with E-state index in [1.165, 1.54) is 0 Å². The van der Waals surface area contributed by atoms with E-state index in [1.807, 2.05) is 0 Å². The highest BCUT2D eigenvalue weighted by Crippen LogP contribution is 2.31. The monoisotopic (exact) mass is 1450 g/mol. The number of Topliss-reactive ketones (excluding diaryl/α,β-unsaturated/α-hetero) is 4. The molecule has 3 heterocycles. The summed E-state index contributed by atoms with van der Waals surface area (Å²) in [7, 11) is 0. The third kappa shape index (κ3) is 39.8. The molecule has 15 unspecified atom stereocenters. The summed E-state index contributed by atoms with van der Waals surface area (Å²) >= 11 is 0. The molecule has 3 rings (SSSR count). The van der Waals surface area contributed by atoms with Crippen molar-refractivity contribution in [3.63, 3.8) is 0 Å². The van der Waals surface area contributed by atoms with E-state index < -0.39 is 117 Å². The highest BCUT2D eigenvalue weighted by atomic mass is 16.7. The smallest absolute Gasteiger partial charge is 0.163 e. The van der Waals surface area contributed by atoms with Crippen LogP contribution in [0.3, 0.4) is 0 Å². The SMILES string of the molecule is CCCCCCC(=O)CC(COCCC(=O)CCCOCCOCCOCCOC1OC(CO)C(O)C(O)C1C)(COCCC(=O)CCCOCCOCCOCCOC1OC(CO)C(O)C(O)C1C)COCCC(=O)CCCOCCOCCOCCOC1OC(CO)C(O)C(O)C1C. The molecule has 0 bridgehead atoms. The lowest BCUT2D eigenvalue weighted by Gasteiger charge is -2.40. The number of ether oxygens (including phenoxy) is 18. The van der Waals surface area contributed by atoms with Gasteiger partial charge in [0.15, 0.2) is 18.9 Å². The van der Waals surface area contributed by atoms with Crippen LogP contribution in [0.4, 0.5) is 0 Å². The Morgan fingerprint density at radius 2 is 0.560 bits per heavy atom. The highest BCUT2D eigenvalue weighted by molar-refractivity contribution is 5.80. The van der Waals surface area contributed by atoms with Crippen molar-refractivity contribution in [1.82, 2.24) is 0 Å². The maximum atomic E-state index is 13.7. The van der Waals surface area contributed by atoms with Crippen molar-refractivity contribution in [2.75, 3.05) is 198 Å². The number of hydrogen-bond donors (Lipinski definition) is 9.